The van der Waals surface area contributed by atoms with Crippen LogP contribution in [-0.4, -0.2) is 39.0 Å². The van der Waals surface area contributed by atoms with E-state index >= 15 is 0 Å². The van der Waals surface area contributed by atoms with Gasteiger partial charge in [-0.2, -0.15) is 0 Å². The molecule has 1 saturated carbocycles. The molecule has 1 saturated heterocycles. The van der Waals surface area contributed by atoms with Gasteiger partial charge in [0.2, 0.25) is 0 Å². The average Bonchev–Trinajstić information content (AvgIpc) is 3.79. The molecule has 2 fully saturated rings. The second kappa shape index (κ2) is 13.8. The van der Waals surface area contributed by atoms with Gasteiger partial charge in [-0.15, -0.1) is 11.3 Å². The van der Waals surface area contributed by atoms with Gasteiger partial charge in [-0.25, -0.2) is 4.98 Å². The van der Waals surface area contributed by atoms with E-state index in [0.717, 1.165) is 65.9 Å². The number of nitrogens with one attached hydrogen (secondary N) is 1. The van der Waals surface area contributed by atoms with Gasteiger partial charge in [0.15, 0.2) is 0 Å². The topological polar surface area (TPSA) is 69.2 Å². The lowest BCUT2D eigenvalue weighted by atomic mass is 9.73. The molecular weight excluding hydrogens is 587 g/mol. The van der Waals surface area contributed by atoms with Gasteiger partial charge in [0, 0.05) is 35.9 Å². The summed E-state index contributed by atoms with van der Waals surface area (Å²) >= 11 is 1.68. The van der Waals surface area contributed by atoms with Gasteiger partial charge in [0.25, 0.3) is 0 Å². The Bertz CT molecular complexity index is 1730. The van der Waals surface area contributed by atoms with E-state index in [0.29, 0.717) is 12.8 Å². The number of aromatic nitrogens is 2. The smallest absolute Gasteiger partial charge is 0.314 e. The number of piperidine rings is 1. The standard InChI is InChI=1S/C40H43N3O2S/c44-39(45)40(35-9-5-2-6-10-35)21-23-43(24-22-40)27-38-42-37(28-46-38)34-19-17-33(18-20-34)36-25-30(26-41-36)12-11-29-13-15-32(16-14-29)31-7-3-1-4-8-31/h2,5-6,9-10,13-20,25-26,28,31,41H,1,3-4,7-8,11-12,21-24,27H2,(H,44,45). The van der Waals surface area contributed by atoms with Crippen molar-refractivity contribution in [1.29, 1.82) is 0 Å². The number of aliphatic carboxylic acids is 1. The Hall–Kier alpha value is -4.00. The number of aromatic amines is 1. The van der Waals surface area contributed by atoms with Crippen molar-refractivity contribution in [2.75, 3.05) is 13.1 Å². The number of thiazole rings is 1. The molecule has 1 aliphatic heterocycles. The average molecular weight is 630 g/mol. The molecule has 0 atom stereocenters. The van der Waals surface area contributed by atoms with Crippen molar-refractivity contribution in [3.8, 4) is 22.5 Å². The zero-order chi connectivity index (χ0) is 31.3. The van der Waals surface area contributed by atoms with Gasteiger partial charge in [0.05, 0.1) is 17.7 Å². The van der Waals surface area contributed by atoms with Crippen LogP contribution >= 0.6 is 11.3 Å². The van der Waals surface area contributed by atoms with Gasteiger partial charge >= 0.3 is 5.97 Å². The van der Waals surface area contributed by atoms with Crippen LogP contribution in [0, 0.1) is 0 Å². The van der Waals surface area contributed by atoms with Crippen LogP contribution in [-0.2, 0) is 29.6 Å². The van der Waals surface area contributed by atoms with Crippen LogP contribution in [0.3, 0.4) is 0 Å². The van der Waals surface area contributed by atoms with Crippen molar-refractivity contribution < 1.29 is 9.90 Å². The van der Waals surface area contributed by atoms with Gasteiger partial charge < -0.3 is 10.1 Å². The molecule has 0 radical (unpaired) electrons. The number of hydrogen-bond acceptors (Lipinski definition) is 4. The summed E-state index contributed by atoms with van der Waals surface area (Å²) in [6.45, 7) is 2.24. The van der Waals surface area contributed by atoms with Crippen LogP contribution in [0.2, 0.25) is 0 Å². The monoisotopic (exact) mass is 629 g/mol. The Labute approximate surface area is 276 Å². The molecule has 5 aromatic rings. The highest BCUT2D eigenvalue weighted by Gasteiger charge is 2.43. The molecule has 0 bridgehead atoms. The molecule has 46 heavy (non-hydrogen) atoms. The first-order valence-corrected chi connectivity index (χ1v) is 17.8. The van der Waals surface area contributed by atoms with E-state index in [-0.39, 0.29) is 0 Å². The van der Waals surface area contributed by atoms with E-state index < -0.39 is 11.4 Å². The first kappa shape index (κ1) is 30.6. The number of aryl methyl sites for hydroxylation is 2. The number of nitrogens with zero attached hydrogens (tertiary/aromatic N) is 2. The summed E-state index contributed by atoms with van der Waals surface area (Å²) in [5, 5.41) is 13.3. The molecular formula is C40H43N3O2S. The number of carbonyl (C=O) groups is 1. The molecule has 3 heterocycles. The van der Waals surface area contributed by atoms with Gasteiger partial charge in [-0.05, 0) is 78.3 Å². The fourth-order valence-corrected chi connectivity index (χ4v) is 8.28. The first-order chi connectivity index (χ1) is 22.6. The summed E-state index contributed by atoms with van der Waals surface area (Å²) in [6.07, 6.45) is 12.3. The van der Waals surface area contributed by atoms with Crippen molar-refractivity contribution in [3.05, 3.63) is 124 Å². The molecule has 7 rings (SSSR count). The van der Waals surface area contributed by atoms with Gasteiger partial charge in [0.1, 0.15) is 5.01 Å². The molecule has 5 nitrogen and oxygen atoms in total. The Kier molecular flexibility index (Phi) is 9.18. The minimum atomic E-state index is -0.798. The van der Waals surface area contributed by atoms with Crippen LogP contribution < -0.4 is 0 Å². The van der Waals surface area contributed by atoms with Crippen molar-refractivity contribution >= 4 is 17.3 Å². The van der Waals surface area contributed by atoms with Crippen molar-refractivity contribution in [2.45, 2.75) is 75.7 Å². The molecule has 0 unspecified atom stereocenters. The Morgan fingerprint density at radius 3 is 2.28 bits per heavy atom. The Morgan fingerprint density at radius 1 is 0.870 bits per heavy atom. The molecule has 6 heteroatoms. The number of hydrogen-bond donors (Lipinski definition) is 2. The molecule has 2 aliphatic rings. The lowest BCUT2D eigenvalue weighted by molar-refractivity contribution is -0.146. The van der Waals surface area contributed by atoms with Gasteiger partial charge in [-0.1, -0.05) is 98.1 Å². The fraction of sp³-hybridized carbons (Fsp3) is 0.350. The summed E-state index contributed by atoms with van der Waals surface area (Å²) in [7, 11) is 0. The first-order valence-electron chi connectivity index (χ1n) is 16.9. The van der Waals surface area contributed by atoms with Crippen LogP contribution in [0.4, 0.5) is 0 Å². The predicted octanol–water partition coefficient (Wildman–Crippen LogP) is 9.26. The summed E-state index contributed by atoms with van der Waals surface area (Å²) in [4.78, 5) is 23.1. The molecule has 2 N–H and O–H groups in total. The highest BCUT2D eigenvalue weighted by atomic mass is 32.1. The van der Waals surface area contributed by atoms with Crippen molar-refractivity contribution in [1.82, 2.24) is 14.9 Å². The summed E-state index contributed by atoms with van der Waals surface area (Å²) in [5.41, 5.74) is 8.82. The number of rotatable bonds is 10. The van der Waals surface area contributed by atoms with Gasteiger partial charge in [-0.3, -0.25) is 9.69 Å². The minimum Gasteiger partial charge on any atom is -0.481 e. The maximum atomic E-state index is 12.3. The van der Waals surface area contributed by atoms with E-state index in [9.17, 15) is 9.90 Å². The van der Waals surface area contributed by atoms with E-state index in [1.165, 1.54) is 54.4 Å². The predicted molar refractivity (Wildman–Crippen MR) is 187 cm³/mol. The van der Waals surface area contributed by atoms with Crippen LogP contribution in [0.1, 0.15) is 78.1 Å². The summed E-state index contributed by atoms with van der Waals surface area (Å²) < 4.78 is 0. The van der Waals surface area contributed by atoms with Crippen LogP contribution in [0.25, 0.3) is 22.5 Å². The lowest BCUT2D eigenvalue weighted by Crippen LogP contribution is -2.47. The maximum Gasteiger partial charge on any atom is 0.314 e. The van der Waals surface area contributed by atoms with E-state index in [1.54, 1.807) is 11.3 Å². The fourth-order valence-electron chi connectivity index (χ4n) is 7.44. The van der Waals surface area contributed by atoms with E-state index in [1.807, 2.05) is 30.3 Å². The molecule has 3 aromatic carbocycles. The lowest BCUT2D eigenvalue weighted by Gasteiger charge is -2.39. The highest BCUT2D eigenvalue weighted by molar-refractivity contribution is 7.09. The van der Waals surface area contributed by atoms with E-state index in [4.69, 9.17) is 4.98 Å². The largest absolute Gasteiger partial charge is 0.481 e. The number of benzene rings is 3. The van der Waals surface area contributed by atoms with E-state index in [2.05, 4.69) is 76.1 Å². The zero-order valence-corrected chi connectivity index (χ0v) is 27.3. The number of likely N-dealkylation sites (tertiary alicyclic amines) is 1. The zero-order valence-electron chi connectivity index (χ0n) is 26.5. The summed E-state index contributed by atoms with van der Waals surface area (Å²) in [6, 6.07) is 30.1. The van der Waals surface area contributed by atoms with Crippen LogP contribution in [0.5, 0.6) is 0 Å². The number of carboxylic acids is 1. The quantitative estimate of drug-likeness (QED) is 0.162. The number of H-pyrrole nitrogens is 1. The molecule has 0 amide bonds. The second-order valence-corrected chi connectivity index (χ2v) is 14.2. The van der Waals surface area contributed by atoms with Crippen LogP contribution in [0.15, 0.2) is 96.5 Å². The van der Waals surface area contributed by atoms with Crippen molar-refractivity contribution in [3.63, 3.8) is 0 Å². The Morgan fingerprint density at radius 2 is 1.57 bits per heavy atom. The third kappa shape index (κ3) is 6.74. The minimum absolute atomic E-state index is 0.611. The summed E-state index contributed by atoms with van der Waals surface area (Å²) in [5.74, 6) is 0.0477. The molecule has 2 aromatic heterocycles. The molecule has 1 aliphatic carbocycles. The highest BCUT2D eigenvalue weighted by Crippen LogP contribution is 2.37. The SMILES string of the molecule is O=C(O)C1(c2ccccc2)CCN(Cc2nc(-c3ccc(-c4cc(CCc5ccc(C6CCCCC6)cc5)c[nH]4)cc3)cs2)CC1. The number of carboxylic acid groups (broad SMARTS) is 1. The van der Waals surface area contributed by atoms with Crippen molar-refractivity contribution in [2.24, 2.45) is 0 Å². The molecule has 0 spiro atoms. The third-order valence-electron chi connectivity index (χ3n) is 10.3. The Balaban J connectivity index is 0.922. The normalized spacial score (nSPS) is 17.2. The second-order valence-electron chi connectivity index (χ2n) is 13.2. The maximum absolute atomic E-state index is 12.3. The third-order valence-corrected chi connectivity index (χ3v) is 11.2. The molecule has 236 valence electrons.